The summed E-state index contributed by atoms with van der Waals surface area (Å²) in [5.74, 6) is 0.198. The number of rotatable bonds is 3. The number of carbonyl (C=O) groups excluding carboxylic acids is 1. The summed E-state index contributed by atoms with van der Waals surface area (Å²) < 4.78 is 0. The smallest absolute Gasteiger partial charge is 0.229 e. The Hall–Kier alpha value is -2.72. The summed E-state index contributed by atoms with van der Waals surface area (Å²) >= 11 is 0. The van der Waals surface area contributed by atoms with Crippen molar-refractivity contribution in [3.8, 4) is 0 Å². The molecule has 0 radical (unpaired) electrons. The molecular weight excluding hydrogens is 298 g/mol. The van der Waals surface area contributed by atoms with Crippen LogP contribution in [0.1, 0.15) is 11.5 Å². The molecule has 1 fully saturated rings. The summed E-state index contributed by atoms with van der Waals surface area (Å²) in [5.41, 5.74) is 2.92. The molecule has 4 heteroatoms. The molecule has 0 saturated carbocycles. The number of pyridine rings is 1. The first-order valence-electron chi connectivity index (χ1n) is 8.23. The van der Waals surface area contributed by atoms with Gasteiger partial charge in [0, 0.05) is 30.6 Å². The Morgan fingerprint density at radius 1 is 1.00 bits per heavy atom. The summed E-state index contributed by atoms with van der Waals surface area (Å²) in [7, 11) is 0. The third kappa shape index (κ3) is 2.76. The van der Waals surface area contributed by atoms with Crippen molar-refractivity contribution in [1.82, 2.24) is 10.3 Å². The molecule has 0 unspecified atom stereocenters. The molecule has 1 aliphatic rings. The van der Waals surface area contributed by atoms with E-state index in [1.807, 2.05) is 48.5 Å². The number of anilines is 1. The Morgan fingerprint density at radius 2 is 1.88 bits per heavy atom. The van der Waals surface area contributed by atoms with Gasteiger partial charge in [-0.05, 0) is 29.8 Å². The Kier molecular flexibility index (Phi) is 3.97. The van der Waals surface area contributed by atoms with E-state index < -0.39 is 0 Å². The van der Waals surface area contributed by atoms with Gasteiger partial charge in [-0.25, -0.2) is 0 Å². The molecule has 1 aliphatic heterocycles. The topological polar surface area (TPSA) is 54.0 Å². The number of hydrogen-bond donors (Lipinski definition) is 2. The number of aromatic nitrogens is 1. The van der Waals surface area contributed by atoms with Crippen LogP contribution >= 0.6 is 0 Å². The van der Waals surface area contributed by atoms with E-state index in [0.29, 0.717) is 6.54 Å². The van der Waals surface area contributed by atoms with Gasteiger partial charge in [-0.1, -0.05) is 36.4 Å². The van der Waals surface area contributed by atoms with Gasteiger partial charge in [0.1, 0.15) is 0 Å². The van der Waals surface area contributed by atoms with E-state index in [2.05, 4.69) is 27.8 Å². The summed E-state index contributed by atoms with van der Waals surface area (Å²) in [6, 6.07) is 19.9. The van der Waals surface area contributed by atoms with E-state index in [0.717, 1.165) is 23.1 Å². The SMILES string of the molecule is O=C(Nc1cccc2ncccc12)[C@H]1CNC[C@@H]1c1ccccc1. The molecule has 24 heavy (non-hydrogen) atoms. The van der Waals surface area contributed by atoms with Gasteiger partial charge in [0.25, 0.3) is 0 Å². The summed E-state index contributed by atoms with van der Waals surface area (Å²) in [6.07, 6.45) is 1.76. The van der Waals surface area contributed by atoms with Crippen molar-refractivity contribution >= 4 is 22.5 Å². The summed E-state index contributed by atoms with van der Waals surface area (Å²) in [4.78, 5) is 17.2. The normalized spacial score (nSPS) is 20.2. The molecule has 2 atom stereocenters. The van der Waals surface area contributed by atoms with Gasteiger partial charge in [0.15, 0.2) is 0 Å². The maximum atomic E-state index is 12.9. The average Bonchev–Trinajstić information content (AvgIpc) is 3.13. The fourth-order valence-corrected chi connectivity index (χ4v) is 3.44. The predicted octanol–water partition coefficient (Wildman–Crippen LogP) is 3.18. The van der Waals surface area contributed by atoms with E-state index >= 15 is 0 Å². The first kappa shape index (κ1) is 14.8. The first-order chi connectivity index (χ1) is 11.8. The molecule has 3 aromatic rings. The lowest BCUT2D eigenvalue weighted by Gasteiger charge is -2.19. The monoisotopic (exact) mass is 317 g/mol. The van der Waals surface area contributed by atoms with E-state index in [1.165, 1.54) is 5.56 Å². The van der Waals surface area contributed by atoms with Crippen molar-refractivity contribution in [3.63, 3.8) is 0 Å². The lowest BCUT2D eigenvalue weighted by Crippen LogP contribution is -2.28. The highest BCUT2D eigenvalue weighted by atomic mass is 16.1. The van der Waals surface area contributed by atoms with Crippen LogP contribution in [0.5, 0.6) is 0 Å². The molecule has 120 valence electrons. The quantitative estimate of drug-likeness (QED) is 0.780. The van der Waals surface area contributed by atoms with Crippen LogP contribution in [0.15, 0.2) is 66.9 Å². The highest BCUT2D eigenvalue weighted by Gasteiger charge is 2.34. The fourth-order valence-electron chi connectivity index (χ4n) is 3.44. The standard InChI is InChI=1S/C20H19N3O/c24-20(17-13-21-12-16(17)14-6-2-1-3-7-14)23-19-10-4-9-18-15(19)8-5-11-22-18/h1-11,16-17,21H,12-13H2,(H,23,24)/t16-,17+/m1/s1. The molecule has 0 bridgehead atoms. The summed E-state index contributed by atoms with van der Waals surface area (Å²) in [6.45, 7) is 1.54. The zero-order chi connectivity index (χ0) is 16.4. The number of nitrogens with zero attached hydrogens (tertiary/aromatic N) is 1. The molecular formula is C20H19N3O. The molecule has 1 saturated heterocycles. The average molecular weight is 317 g/mol. The van der Waals surface area contributed by atoms with Crippen molar-refractivity contribution < 1.29 is 4.79 Å². The van der Waals surface area contributed by atoms with E-state index in [9.17, 15) is 4.79 Å². The molecule has 1 amide bonds. The second-order valence-corrected chi connectivity index (χ2v) is 6.15. The number of amides is 1. The number of hydrogen-bond acceptors (Lipinski definition) is 3. The lowest BCUT2D eigenvalue weighted by molar-refractivity contribution is -0.119. The van der Waals surface area contributed by atoms with E-state index in [4.69, 9.17) is 0 Å². The van der Waals surface area contributed by atoms with E-state index in [1.54, 1.807) is 6.20 Å². The fraction of sp³-hybridized carbons (Fsp3) is 0.200. The highest BCUT2D eigenvalue weighted by Crippen LogP contribution is 2.30. The van der Waals surface area contributed by atoms with Crippen LogP contribution in [-0.4, -0.2) is 24.0 Å². The van der Waals surface area contributed by atoms with Crippen LogP contribution in [-0.2, 0) is 4.79 Å². The van der Waals surface area contributed by atoms with Crippen molar-refractivity contribution in [3.05, 3.63) is 72.4 Å². The maximum absolute atomic E-state index is 12.9. The zero-order valence-electron chi connectivity index (χ0n) is 13.3. The largest absolute Gasteiger partial charge is 0.325 e. The molecule has 2 aromatic carbocycles. The summed E-state index contributed by atoms with van der Waals surface area (Å²) in [5, 5.41) is 7.43. The van der Waals surface area contributed by atoms with Crippen molar-refractivity contribution in [2.45, 2.75) is 5.92 Å². The third-order valence-electron chi connectivity index (χ3n) is 4.68. The second kappa shape index (κ2) is 6.42. The Morgan fingerprint density at radius 3 is 2.75 bits per heavy atom. The minimum Gasteiger partial charge on any atom is -0.325 e. The number of benzene rings is 2. The van der Waals surface area contributed by atoms with Gasteiger partial charge >= 0.3 is 0 Å². The van der Waals surface area contributed by atoms with Crippen molar-refractivity contribution in [2.24, 2.45) is 5.92 Å². The van der Waals surface area contributed by atoms with E-state index in [-0.39, 0.29) is 17.7 Å². The number of nitrogens with one attached hydrogen (secondary N) is 2. The van der Waals surface area contributed by atoms with Crippen LogP contribution in [0.3, 0.4) is 0 Å². The number of fused-ring (bicyclic) bond motifs is 1. The lowest BCUT2D eigenvalue weighted by atomic mass is 9.88. The van der Waals surface area contributed by atoms with Gasteiger partial charge in [-0.3, -0.25) is 9.78 Å². The Labute approximate surface area is 140 Å². The molecule has 4 nitrogen and oxygen atoms in total. The Bertz CT molecular complexity index is 858. The molecule has 2 N–H and O–H groups in total. The zero-order valence-corrected chi connectivity index (χ0v) is 13.3. The molecule has 0 aliphatic carbocycles. The van der Waals surface area contributed by atoms with Gasteiger partial charge < -0.3 is 10.6 Å². The molecule has 1 aromatic heterocycles. The minimum absolute atomic E-state index is 0.0604. The van der Waals surface area contributed by atoms with Crippen molar-refractivity contribution in [1.29, 1.82) is 0 Å². The molecule has 2 heterocycles. The molecule has 0 spiro atoms. The first-order valence-corrected chi connectivity index (χ1v) is 8.23. The molecule has 4 rings (SSSR count). The van der Waals surface area contributed by atoms with Crippen molar-refractivity contribution in [2.75, 3.05) is 18.4 Å². The third-order valence-corrected chi connectivity index (χ3v) is 4.68. The van der Waals surface area contributed by atoms with Crippen LogP contribution in [0.4, 0.5) is 5.69 Å². The van der Waals surface area contributed by atoms with Crippen LogP contribution in [0.2, 0.25) is 0 Å². The Balaban J connectivity index is 1.59. The van der Waals surface area contributed by atoms with Crippen LogP contribution < -0.4 is 10.6 Å². The van der Waals surface area contributed by atoms with Gasteiger partial charge in [-0.15, -0.1) is 0 Å². The van der Waals surface area contributed by atoms with Crippen LogP contribution in [0.25, 0.3) is 10.9 Å². The second-order valence-electron chi connectivity index (χ2n) is 6.15. The highest BCUT2D eigenvalue weighted by molar-refractivity contribution is 6.02. The minimum atomic E-state index is -0.0701. The van der Waals surface area contributed by atoms with Gasteiger partial charge in [0.05, 0.1) is 17.1 Å². The van der Waals surface area contributed by atoms with Gasteiger partial charge in [-0.2, -0.15) is 0 Å². The predicted molar refractivity (Wildman–Crippen MR) is 95.9 cm³/mol. The van der Waals surface area contributed by atoms with Gasteiger partial charge in [0.2, 0.25) is 5.91 Å². The number of carbonyl (C=O) groups is 1. The maximum Gasteiger partial charge on any atom is 0.229 e. The van der Waals surface area contributed by atoms with Crippen LogP contribution in [0, 0.1) is 5.92 Å².